The number of ether oxygens (including phenoxy) is 2. The van der Waals surface area contributed by atoms with Gasteiger partial charge in [0.1, 0.15) is 0 Å². The van der Waals surface area contributed by atoms with Crippen molar-refractivity contribution < 1.29 is 13.9 Å². The van der Waals surface area contributed by atoms with Gasteiger partial charge in [0.25, 0.3) is 0 Å². The average Bonchev–Trinajstić information content (AvgIpc) is 3.09. The van der Waals surface area contributed by atoms with Crippen LogP contribution in [0.25, 0.3) is 0 Å². The predicted molar refractivity (Wildman–Crippen MR) is 150 cm³/mol. The summed E-state index contributed by atoms with van der Waals surface area (Å²) in [7, 11) is -0.214. The van der Waals surface area contributed by atoms with E-state index in [1.807, 2.05) is 6.08 Å². The highest BCUT2D eigenvalue weighted by Gasteiger charge is 2.48. The molecule has 0 N–H and O–H groups in total. The Kier molecular flexibility index (Phi) is 12.4. The molecule has 1 aliphatic rings. The standard InChI is InChI=1S/C27H49IO3Si/c1-12-22-23(18-30-26(22)29-9)25(21(5)15-13-14-19(2)3)24(16-20(4)17-28)31-32(10,11)27(6,7)8/h12,14,17,21-26H,1,13,15-16,18H2,2-11H3/b20-17+/t21-,22+,23-,24-,25+,26?/m1/s1. The largest absolute Gasteiger partial charge is 0.413 e. The Morgan fingerprint density at radius 1 is 1.25 bits per heavy atom. The lowest BCUT2D eigenvalue weighted by Crippen LogP contribution is -2.49. The maximum atomic E-state index is 7.21. The Balaban J connectivity index is 3.41. The van der Waals surface area contributed by atoms with Gasteiger partial charge in [0, 0.05) is 13.0 Å². The molecule has 1 aliphatic heterocycles. The van der Waals surface area contributed by atoms with Gasteiger partial charge in [-0.15, -0.1) is 6.58 Å². The summed E-state index contributed by atoms with van der Waals surface area (Å²) < 4.78 is 21.2. The number of hydrogen-bond acceptors (Lipinski definition) is 3. The van der Waals surface area contributed by atoms with Crippen LogP contribution in [0.5, 0.6) is 0 Å². The Labute approximate surface area is 213 Å². The van der Waals surface area contributed by atoms with E-state index in [2.05, 4.69) is 101 Å². The van der Waals surface area contributed by atoms with Crippen LogP contribution < -0.4 is 0 Å². The Hall–Kier alpha value is 0.0469. The van der Waals surface area contributed by atoms with Crippen molar-refractivity contribution in [3.05, 3.63) is 34.0 Å². The van der Waals surface area contributed by atoms with E-state index in [0.717, 1.165) is 19.3 Å². The van der Waals surface area contributed by atoms with Crippen LogP contribution in [0.15, 0.2) is 34.0 Å². The highest BCUT2D eigenvalue weighted by molar-refractivity contribution is 14.1. The molecule has 0 saturated carbocycles. The minimum Gasteiger partial charge on any atom is -0.413 e. The van der Waals surface area contributed by atoms with E-state index >= 15 is 0 Å². The van der Waals surface area contributed by atoms with Gasteiger partial charge < -0.3 is 13.9 Å². The highest BCUT2D eigenvalue weighted by Crippen LogP contribution is 2.45. The molecule has 1 fully saturated rings. The van der Waals surface area contributed by atoms with Crippen LogP contribution in [0.2, 0.25) is 18.1 Å². The van der Waals surface area contributed by atoms with E-state index in [-0.39, 0.29) is 23.4 Å². The van der Waals surface area contributed by atoms with Crippen LogP contribution in [0.4, 0.5) is 0 Å². The van der Waals surface area contributed by atoms with Crippen LogP contribution in [0.1, 0.15) is 67.7 Å². The summed E-state index contributed by atoms with van der Waals surface area (Å²) in [5.41, 5.74) is 2.77. The van der Waals surface area contributed by atoms with E-state index in [0.29, 0.717) is 24.4 Å². The first kappa shape index (κ1) is 30.1. The molecule has 0 radical (unpaired) electrons. The molecule has 1 rings (SSSR count). The molecule has 0 aliphatic carbocycles. The molecule has 5 heteroatoms. The summed E-state index contributed by atoms with van der Waals surface area (Å²) in [5.74, 6) is 1.42. The summed E-state index contributed by atoms with van der Waals surface area (Å²) in [6.45, 7) is 25.6. The molecule has 186 valence electrons. The highest BCUT2D eigenvalue weighted by atomic mass is 127. The monoisotopic (exact) mass is 576 g/mol. The molecule has 1 saturated heterocycles. The molecule has 0 bridgehead atoms. The van der Waals surface area contributed by atoms with E-state index in [4.69, 9.17) is 13.9 Å². The van der Waals surface area contributed by atoms with Crippen molar-refractivity contribution in [2.75, 3.05) is 13.7 Å². The Morgan fingerprint density at radius 2 is 1.88 bits per heavy atom. The number of methoxy groups -OCH3 is 1. The zero-order chi connectivity index (χ0) is 24.7. The van der Waals surface area contributed by atoms with Crippen LogP contribution >= 0.6 is 22.6 Å². The van der Waals surface area contributed by atoms with Crippen molar-refractivity contribution in [1.82, 2.24) is 0 Å². The second-order valence-electron chi connectivity index (χ2n) is 11.4. The van der Waals surface area contributed by atoms with Crippen molar-refractivity contribution in [3.63, 3.8) is 0 Å². The van der Waals surface area contributed by atoms with Gasteiger partial charge in [0.15, 0.2) is 14.6 Å². The third-order valence-electron chi connectivity index (χ3n) is 7.48. The smallest absolute Gasteiger partial charge is 0.192 e. The van der Waals surface area contributed by atoms with Gasteiger partial charge in [-0.2, -0.15) is 0 Å². The maximum Gasteiger partial charge on any atom is 0.192 e. The van der Waals surface area contributed by atoms with Gasteiger partial charge in [-0.1, -0.05) is 73.6 Å². The lowest BCUT2D eigenvalue weighted by molar-refractivity contribution is -0.102. The summed E-state index contributed by atoms with van der Waals surface area (Å²) in [6, 6.07) is 0. The second-order valence-corrected chi connectivity index (χ2v) is 16.8. The summed E-state index contributed by atoms with van der Waals surface area (Å²) in [5, 5.41) is 0.169. The molecule has 0 aromatic rings. The van der Waals surface area contributed by atoms with Gasteiger partial charge in [-0.3, -0.25) is 0 Å². The van der Waals surface area contributed by atoms with Crippen LogP contribution in [0, 0.1) is 23.7 Å². The quantitative estimate of drug-likeness (QED) is 0.132. The number of halogens is 1. The first-order valence-electron chi connectivity index (χ1n) is 12.1. The molecule has 32 heavy (non-hydrogen) atoms. The second kappa shape index (κ2) is 13.2. The topological polar surface area (TPSA) is 27.7 Å². The Bertz CT molecular complexity index is 646. The van der Waals surface area contributed by atoms with E-state index in [1.165, 1.54) is 11.1 Å². The fourth-order valence-corrected chi connectivity index (χ4v) is 6.18. The van der Waals surface area contributed by atoms with Gasteiger partial charge >= 0.3 is 0 Å². The van der Waals surface area contributed by atoms with Crippen molar-refractivity contribution in [2.24, 2.45) is 23.7 Å². The molecule has 1 heterocycles. The predicted octanol–water partition coefficient (Wildman–Crippen LogP) is 8.53. The lowest BCUT2D eigenvalue weighted by atomic mass is 9.71. The molecule has 0 aromatic carbocycles. The number of allylic oxidation sites excluding steroid dienone is 2. The zero-order valence-corrected chi connectivity index (χ0v) is 25.5. The number of hydrogen-bond donors (Lipinski definition) is 0. The van der Waals surface area contributed by atoms with Crippen molar-refractivity contribution in [1.29, 1.82) is 0 Å². The zero-order valence-electron chi connectivity index (χ0n) is 22.3. The molecular formula is C27H49IO3Si. The third kappa shape index (κ3) is 8.37. The SMILES string of the molecule is C=C[C@@H]1C(OC)OC[C@H]1[C@H]([C@H](C)CCC=C(C)C)[C@@H](C/C(C)=C/I)O[Si](C)(C)C(C)(C)C. The van der Waals surface area contributed by atoms with Gasteiger partial charge in [0.2, 0.25) is 0 Å². The van der Waals surface area contributed by atoms with Crippen molar-refractivity contribution >= 4 is 30.9 Å². The van der Waals surface area contributed by atoms with Gasteiger partial charge in [-0.05, 0) is 80.0 Å². The van der Waals surface area contributed by atoms with Crippen molar-refractivity contribution in [2.45, 2.75) is 98.3 Å². The first-order valence-corrected chi connectivity index (χ1v) is 16.3. The molecule has 3 nitrogen and oxygen atoms in total. The Morgan fingerprint density at radius 3 is 2.34 bits per heavy atom. The van der Waals surface area contributed by atoms with Crippen LogP contribution in [-0.4, -0.2) is 34.4 Å². The minimum absolute atomic E-state index is 0.162. The molecular weight excluding hydrogens is 527 g/mol. The third-order valence-corrected chi connectivity index (χ3v) is 13.1. The number of rotatable bonds is 12. The summed E-state index contributed by atoms with van der Waals surface area (Å²) >= 11 is 2.36. The molecule has 6 atom stereocenters. The minimum atomic E-state index is -1.95. The fourth-order valence-electron chi connectivity index (χ4n) is 4.57. The van der Waals surface area contributed by atoms with Gasteiger partial charge in [-0.25, -0.2) is 0 Å². The lowest BCUT2D eigenvalue weighted by Gasteiger charge is -2.45. The summed E-state index contributed by atoms with van der Waals surface area (Å²) in [6.07, 6.45) is 7.58. The van der Waals surface area contributed by atoms with E-state index in [1.54, 1.807) is 7.11 Å². The maximum absolute atomic E-state index is 7.21. The summed E-state index contributed by atoms with van der Waals surface area (Å²) in [4.78, 5) is 0. The molecule has 1 unspecified atom stereocenters. The van der Waals surface area contributed by atoms with Crippen LogP contribution in [0.3, 0.4) is 0 Å². The molecule has 0 aromatic heterocycles. The fraction of sp³-hybridized carbons (Fsp3) is 0.778. The molecule has 0 spiro atoms. The van der Waals surface area contributed by atoms with Crippen molar-refractivity contribution in [3.8, 4) is 0 Å². The molecule has 0 amide bonds. The van der Waals surface area contributed by atoms with E-state index < -0.39 is 8.32 Å². The first-order chi connectivity index (χ1) is 14.8. The van der Waals surface area contributed by atoms with Gasteiger partial charge in [0.05, 0.1) is 12.7 Å². The van der Waals surface area contributed by atoms with E-state index in [9.17, 15) is 0 Å². The average molecular weight is 577 g/mol. The normalized spacial score (nSPS) is 25.3. The van der Waals surface area contributed by atoms with Crippen LogP contribution in [-0.2, 0) is 13.9 Å².